The molecular weight excluding hydrogens is 240 g/mol. The van der Waals surface area contributed by atoms with E-state index in [4.69, 9.17) is 11.6 Å². The fourth-order valence-electron chi connectivity index (χ4n) is 1.84. The van der Waals surface area contributed by atoms with Crippen molar-refractivity contribution in [3.63, 3.8) is 0 Å². The molecule has 17 heavy (non-hydrogen) atoms. The number of hydrogen-bond acceptors (Lipinski definition) is 4. The van der Waals surface area contributed by atoms with Crippen LogP contribution in [0.2, 0.25) is 5.15 Å². The lowest BCUT2D eigenvalue weighted by atomic mass is 10.1. The molecule has 0 N–H and O–H groups in total. The summed E-state index contributed by atoms with van der Waals surface area (Å²) < 4.78 is 0. The molecule has 2 aliphatic heterocycles. The molecule has 0 saturated heterocycles. The predicted molar refractivity (Wildman–Crippen MR) is 62.7 cm³/mol. The molecular formula is C12H5ClN2O2. The second kappa shape index (κ2) is 3.46. The molecule has 1 aromatic rings. The van der Waals surface area contributed by atoms with Crippen molar-refractivity contribution < 1.29 is 0 Å². The molecule has 0 fully saturated rings. The Bertz CT molecular complexity index is 833. The first-order valence-electron chi connectivity index (χ1n) is 4.90. The van der Waals surface area contributed by atoms with Gasteiger partial charge in [-0.05, 0) is 0 Å². The van der Waals surface area contributed by atoms with Gasteiger partial charge in [-0.3, -0.25) is 9.59 Å². The quantitative estimate of drug-likeness (QED) is 0.644. The Hall–Kier alpha value is -2.07. The zero-order valence-electron chi connectivity index (χ0n) is 8.48. The summed E-state index contributed by atoms with van der Waals surface area (Å²) in [5.74, 6) is 0. The zero-order chi connectivity index (χ0) is 12.0. The average Bonchev–Trinajstić information content (AvgIpc) is 2.81. The van der Waals surface area contributed by atoms with E-state index >= 15 is 0 Å². The minimum atomic E-state index is -0.501. The second-order valence-corrected chi connectivity index (χ2v) is 3.95. The molecule has 0 radical (unpaired) electrons. The van der Waals surface area contributed by atoms with Crippen LogP contribution in [0.3, 0.4) is 0 Å². The van der Waals surface area contributed by atoms with Crippen molar-refractivity contribution in [2.45, 2.75) is 0 Å². The van der Waals surface area contributed by atoms with Gasteiger partial charge in [-0.1, -0.05) is 41.9 Å². The molecule has 0 aromatic heterocycles. The highest BCUT2D eigenvalue weighted by Gasteiger charge is 2.16. The number of aromatic nitrogens is 2. The fourth-order valence-corrected chi connectivity index (χ4v) is 2.10. The Morgan fingerprint density at radius 3 is 2.24 bits per heavy atom. The topological polar surface area (TPSA) is 59.9 Å². The van der Waals surface area contributed by atoms with Crippen LogP contribution in [0.5, 0.6) is 0 Å². The van der Waals surface area contributed by atoms with E-state index in [0.717, 1.165) is 0 Å². The van der Waals surface area contributed by atoms with Crippen molar-refractivity contribution in [2.75, 3.05) is 0 Å². The van der Waals surface area contributed by atoms with Crippen LogP contribution in [0.4, 0.5) is 0 Å². The molecule has 0 amide bonds. The Morgan fingerprint density at radius 2 is 1.53 bits per heavy atom. The van der Waals surface area contributed by atoms with Gasteiger partial charge in [0.1, 0.15) is 5.15 Å². The van der Waals surface area contributed by atoms with E-state index in [0.29, 0.717) is 11.3 Å². The van der Waals surface area contributed by atoms with E-state index in [1.165, 1.54) is 0 Å². The number of nitrogens with zero attached hydrogens (tertiary/aromatic N) is 2. The number of benzene rings is 1. The summed E-state index contributed by atoms with van der Waals surface area (Å²) in [4.78, 5) is 30.7. The summed E-state index contributed by atoms with van der Waals surface area (Å²) in [6.45, 7) is 0. The summed E-state index contributed by atoms with van der Waals surface area (Å²) in [5.41, 5.74) is 0.0627. The zero-order valence-corrected chi connectivity index (χ0v) is 9.23. The van der Waals surface area contributed by atoms with Gasteiger partial charge in [0.15, 0.2) is 0 Å². The highest BCUT2D eigenvalue weighted by atomic mass is 35.5. The maximum atomic E-state index is 11.6. The molecule has 4 nitrogen and oxygen atoms in total. The Morgan fingerprint density at radius 1 is 0.882 bits per heavy atom. The molecule has 1 aromatic carbocycles. The molecule has 0 saturated carbocycles. The van der Waals surface area contributed by atoms with E-state index in [1.54, 1.807) is 12.1 Å². The van der Waals surface area contributed by atoms with E-state index in [1.807, 2.05) is 18.2 Å². The van der Waals surface area contributed by atoms with Gasteiger partial charge >= 0.3 is 0 Å². The molecule has 0 unspecified atom stereocenters. The summed E-state index contributed by atoms with van der Waals surface area (Å²) in [6.07, 6.45) is 0. The standard InChI is InChI=1S/C12H5ClN2O2/c13-10-8-7(11(16)15-10)9(14-12(8)17)6-4-2-1-3-5-6/h1-5H. The van der Waals surface area contributed by atoms with Crippen molar-refractivity contribution in [3.05, 3.63) is 66.6 Å². The SMILES string of the molecule is O=c1nc(-c2ccccc2)c2c(=O)nc(Cl)c1=2. The molecule has 0 bridgehead atoms. The first-order chi connectivity index (χ1) is 8.18. The van der Waals surface area contributed by atoms with Crippen molar-refractivity contribution in [3.8, 4) is 11.3 Å². The first kappa shape index (κ1) is 10.1. The maximum Gasteiger partial charge on any atom is 0.281 e. The minimum absolute atomic E-state index is 0.0651. The predicted octanol–water partition coefficient (Wildman–Crippen LogP) is 1.12. The smallest absolute Gasteiger partial charge is 0.267 e. The molecule has 82 valence electrons. The Balaban J connectivity index is 2.52. The van der Waals surface area contributed by atoms with Gasteiger partial charge in [0, 0.05) is 5.56 Å². The second-order valence-electron chi connectivity index (χ2n) is 3.59. The lowest BCUT2D eigenvalue weighted by Gasteiger charge is -1.93. The molecule has 3 rings (SSSR count). The van der Waals surface area contributed by atoms with Gasteiger partial charge in [-0.2, -0.15) is 4.98 Å². The van der Waals surface area contributed by atoms with E-state index in [-0.39, 0.29) is 15.6 Å². The number of rotatable bonds is 1. The van der Waals surface area contributed by atoms with Crippen LogP contribution in [0.15, 0.2) is 39.9 Å². The third-order valence-electron chi connectivity index (χ3n) is 2.58. The van der Waals surface area contributed by atoms with Crippen LogP contribution in [-0.2, 0) is 0 Å². The highest BCUT2D eigenvalue weighted by Crippen LogP contribution is 2.18. The van der Waals surface area contributed by atoms with Gasteiger partial charge < -0.3 is 0 Å². The van der Waals surface area contributed by atoms with E-state index in [9.17, 15) is 9.59 Å². The molecule has 0 aliphatic carbocycles. The summed E-state index contributed by atoms with van der Waals surface area (Å²) in [6, 6.07) is 9.02. The van der Waals surface area contributed by atoms with Gasteiger partial charge in [-0.15, -0.1) is 0 Å². The monoisotopic (exact) mass is 244 g/mol. The molecule has 0 spiro atoms. The Labute approximate surface area is 99.9 Å². The lowest BCUT2D eigenvalue weighted by molar-refractivity contribution is 1.23. The van der Waals surface area contributed by atoms with E-state index in [2.05, 4.69) is 9.97 Å². The van der Waals surface area contributed by atoms with Crippen molar-refractivity contribution in [1.82, 2.24) is 9.97 Å². The van der Waals surface area contributed by atoms with Crippen LogP contribution in [0.25, 0.3) is 11.3 Å². The largest absolute Gasteiger partial charge is 0.281 e. The molecule has 0 atom stereocenters. The van der Waals surface area contributed by atoms with Crippen LogP contribution < -0.4 is 11.1 Å². The first-order valence-corrected chi connectivity index (χ1v) is 5.28. The van der Waals surface area contributed by atoms with Crippen LogP contribution in [0, 0.1) is 10.4 Å². The van der Waals surface area contributed by atoms with Gasteiger partial charge in [0.25, 0.3) is 11.1 Å². The highest BCUT2D eigenvalue weighted by molar-refractivity contribution is 6.29. The Kier molecular flexibility index (Phi) is 2.06. The van der Waals surface area contributed by atoms with Gasteiger partial charge in [-0.25, -0.2) is 4.98 Å². The molecule has 2 heterocycles. The number of hydrogen-bond donors (Lipinski definition) is 0. The third kappa shape index (κ3) is 1.38. The van der Waals surface area contributed by atoms with Crippen molar-refractivity contribution >= 4 is 11.6 Å². The minimum Gasteiger partial charge on any atom is -0.267 e. The lowest BCUT2D eigenvalue weighted by Crippen LogP contribution is -2.02. The van der Waals surface area contributed by atoms with Crippen LogP contribution in [0.1, 0.15) is 0 Å². The third-order valence-corrected chi connectivity index (χ3v) is 2.85. The number of halogens is 1. The molecule has 2 aliphatic rings. The summed E-state index contributed by atoms with van der Waals surface area (Å²) in [7, 11) is 0. The van der Waals surface area contributed by atoms with E-state index < -0.39 is 11.1 Å². The average molecular weight is 245 g/mol. The van der Waals surface area contributed by atoms with Crippen molar-refractivity contribution in [1.29, 1.82) is 0 Å². The summed E-state index contributed by atoms with van der Waals surface area (Å²) >= 11 is 5.73. The van der Waals surface area contributed by atoms with Crippen LogP contribution >= 0.6 is 11.6 Å². The van der Waals surface area contributed by atoms with Crippen LogP contribution in [-0.4, -0.2) is 9.97 Å². The fraction of sp³-hybridized carbons (Fsp3) is 0. The van der Waals surface area contributed by atoms with Crippen molar-refractivity contribution in [2.24, 2.45) is 0 Å². The molecule has 5 heteroatoms. The van der Waals surface area contributed by atoms with Gasteiger partial charge in [0.2, 0.25) is 0 Å². The maximum absolute atomic E-state index is 11.6. The normalized spacial score (nSPS) is 11.1. The summed E-state index contributed by atoms with van der Waals surface area (Å²) in [5, 5.41) is 0.270. The van der Waals surface area contributed by atoms with Gasteiger partial charge in [0.05, 0.1) is 16.1 Å².